The molecule has 0 aromatic carbocycles. The number of hydrogen-bond donors (Lipinski definition) is 1. The zero-order valence-electron chi connectivity index (χ0n) is 9.60. The van der Waals surface area contributed by atoms with Crippen LogP contribution >= 0.6 is 11.3 Å². The molecule has 0 unspecified atom stereocenters. The Morgan fingerprint density at radius 1 is 1.44 bits per heavy atom. The minimum absolute atomic E-state index is 0.770. The summed E-state index contributed by atoms with van der Waals surface area (Å²) in [4.78, 5) is 4.50. The van der Waals surface area contributed by atoms with E-state index >= 15 is 0 Å². The van der Waals surface area contributed by atoms with Crippen molar-refractivity contribution in [3.8, 4) is 0 Å². The summed E-state index contributed by atoms with van der Waals surface area (Å²) in [7, 11) is 0. The van der Waals surface area contributed by atoms with Gasteiger partial charge in [-0.3, -0.25) is 4.68 Å². The molecule has 4 nitrogen and oxygen atoms in total. The maximum atomic E-state index is 4.50. The predicted octanol–water partition coefficient (Wildman–Crippen LogP) is 2.53. The first-order valence-corrected chi connectivity index (χ1v) is 6.39. The Kier molecular flexibility index (Phi) is 3.56. The van der Waals surface area contributed by atoms with Crippen molar-refractivity contribution in [2.45, 2.75) is 33.4 Å². The van der Waals surface area contributed by atoms with E-state index in [1.165, 1.54) is 5.01 Å². The zero-order chi connectivity index (χ0) is 11.4. The van der Waals surface area contributed by atoms with E-state index in [1.54, 1.807) is 11.3 Å². The van der Waals surface area contributed by atoms with E-state index in [1.807, 2.05) is 17.1 Å². The van der Waals surface area contributed by atoms with Crippen molar-refractivity contribution in [3.63, 3.8) is 0 Å². The fraction of sp³-hybridized carbons (Fsp3) is 0.455. The Balaban J connectivity index is 1.91. The third-order valence-corrected chi connectivity index (χ3v) is 3.37. The molecule has 1 N–H and O–H groups in total. The molecule has 0 bridgehead atoms. The van der Waals surface area contributed by atoms with Crippen LogP contribution in [0.2, 0.25) is 0 Å². The van der Waals surface area contributed by atoms with Gasteiger partial charge in [-0.1, -0.05) is 6.92 Å². The smallest absolute Gasteiger partial charge is 0.0926 e. The number of nitrogens with one attached hydrogen (secondary N) is 1. The molecule has 0 fully saturated rings. The van der Waals surface area contributed by atoms with Crippen LogP contribution in [0.15, 0.2) is 17.8 Å². The van der Waals surface area contributed by atoms with Crippen LogP contribution < -0.4 is 5.32 Å². The van der Waals surface area contributed by atoms with Crippen LogP contribution in [0.1, 0.15) is 24.5 Å². The summed E-state index contributed by atoms with van der Waals surface area (Å²) in [5.74, 6) is 0. The molecule has 2 rings (SSSR count). The van der Waals surface area contributed by atoms with Crippen molar-refractivity contribution in [1.29, 1.82) is 0 Å². The molecule has 0 saturated carbocycles. The third kappa shape index (κ3) is 2.61. The van der Waals surface area contributed by atoms with Crippen LogP contribution in [0, 0.1) is 0 Å². The van der Waals surface area contributed by atoms with Crippen LogP contribution in [0.4, 0.5) is 5.69 Å². The SMILES string of the molecule is CCc1nc(CNc2cnn(CC)c2)cs1. The van der Waals surface area contributed by atoms with Gasteiger partial charge in [0.2, 0.25) is 0 Å². The minimum atomic E-state index is 0.770. The van der Waals surface area contributed by atoms with Crippen LogP contribution in [0.5, 0.6) is 0 Å². The average Bonchev–Trinajstić information content (AvgIpc) is 2.95. The zero-order valence-corrected chi connectivity index (χ0v) is 10.4. The molecule has 0 spiro atoms. The molecular formula is C11H16N4S. The summed E-state index contributed by atoms with van der Waals surface area (Å²) < 4.78 is 1.90. The average molecular weight is 236 g/mol. The standard InChI is InChI=1S/C11H16N4S/c1-3-11-14-10(8-16-11)5-12-9-6-13-15(4-2)7-9/h6-8,12H,3-5H2,1-2H3. The van der Waals surface area contributed by atoms with Crippen LogP contribution in [0.25, 0.3) is 0 Å². The van der Waals surface area contributed by atoms with Crippen molar-refractivity contribution in [2.24, 2.45) is 0 Å². The first-order chi connectivity index (χ1) is 7.81. The van der Waals surface area contributed by atoms with Gasteiger partial charge in [-0.15, -0.1) is 11.3 Å². The Morgan fingerprint density at radius 2 is 2.31 bits per heavy atom. The van der Waals surface area contributed by atoms with Gasteiger partial charge in [-0.25, -0.2) is 4.98 Å². The largest absolute Gasteiger partial charge is 0.377 e. The van der Waals surface area contributed by atoms with Gasteiger partial charge in [0.1, 0.15) is 0 Å². The first-order valence-electron chi connectivity index (χ1n) is 5.51. The third-order valence-electron chi connectivity index (χ3n) is 2.33. The van der Waals surface area contributed by atoms with E-state index < -0.39 is 0 Å². The molecule has 16 heavy (non-hydrogen) atoms. The summed E-state index contributed by atoms with van der Waals surface area (Å²) in [5, 5.41) is 10.8. The second kappa shape index (κ2) is 5.12. The normalized spacial score (nSPS) is 10.6. The van der Waals surface area contributed by atoms with Crippen LogP contribution in [-0.2, 0) is 19.5 Å². The second-order valence-electron chi connectivity index (χ2n) is 3.52. The molecule has 0 aliphatic carbocycles. The lowest BCUT2D eigenvalue weighted by atomic mass is 10.4. The van der Waals surface area contributed by atoms with Gasteiger partial charge in [-0.05, 0) is 13.3 Å². The summed E-state index contributed by atoms with van der Waals surface area (Å²) in [5.41, 5.74) is 2.15. The summed E-state index contributed by atoms with van der Waals surface area (Å²) in [6, 6.07) is 0. The monoisotopic (exact) mass is 236 g/mol. The quantitative estimate of drug-likeness (QED) is 0.867. The summed E-state index contributed by atoms with van der Waals surface area (Å²) >= 11 is 1.72. The molecule has 0 saturated heterocycles. The highest BCUT2D eigenvalue weighted by atomic mass is 32.1. The number of aromatic nitrogens is 3. The van der Waals surface area contributed by atoms with E-state index in [0.29, 0.717) is 0 Å². The topological polar surface area (TPSA) is 42.7 Å². The Morgan fingerprint density at radius 3 is 2.94 bits per heavy atom. The van der Waals surface area contributed by atoms with E-state index in [-0.39, 0.29) is 0 Å². The molecule has 0 radical (unpaired) electrons. The van der Waals surface area contributed by atoms with E-state index in [4.69, 9.17) is 0 Å². The minimum Gasteiger partial charge on any atom is -0.377 e. The number of thiazole rings is 1. The van der Waals surface area contributed by atoms with Crippen LogP contribution in [0.3, 0.4) is 0 Å². The predicted molar refractivity (Wildman–Crippen MR) is 66.7 cm³/mol. The van der Waals surface area contributed by atoms with Gasteiger partial charge in [0.25, 0.3) is 0 Å². The van der Waals surface area contributed by atoms with Crippen LogP contribution in [-0.4, -0.2) is 14.8 Å². The Labute approximate surface area is 99.3 Å². The number of hydrogen-bond acceptors (Lipinski definition) is 4. The number of aryl methyl sites for hydroxylation is 2. The molecule has 2 aromatic rings. The lowest BCUT2D eigenvalue weighted by molar-refractivity contribution is 0.660. The van der Waals surface area contributed by atoms with Gasteiger partial charge >= 0.3 is 0 Å². The molecule has 2 aromatic heterocycles. The molecule has 0 aliphatic heterocycles. The van der Waals surface area contributed by atoms with Crippen molar-refractivity contribution >= 4 is 17.0 Å². The van der Waals surface area contributed by atoms with Gasteiger partial charge in [-0.2, -0.15) is 5.10 Å². The maximum absolute atomic E-state index is 4.50. The summed E-state index contributed by atoms with van der Waals surface area (Å²) in [6.45, 7) is 5.87. The highest BCUT2D eigenvalue weighted by Crippen LogP contribution is 2.12. The Bertz CT molecular complexity index is 404. The second-order valence-corrected chi connectivity index (χ2v) is 4.47. The molecular weight excluding hydrogens is 220 g/mol. The molecule has 0 atom stereocenters. The highest BCUT2D eigenvalue weighted by Gasteiger charge is 2.01. The lowest BCUT2D eigenvalue weighted by Crippen LogP contribution is -1.99. The van der Waals surface area contributed by atoms with Crippen molar-refractivity contribution in [1.82, 2.24) is 14.8 Å². The van der Waals surface area contributed by atoms with Crippen molar-refractivity contribution in [3.05, 3.63) is 28.5 Å². The van der Waals surface area contributed by atoms with Crippen molar-refractivity contribution < 1.29 is 0 Å². The number of rotatable bonds is 5. The first kappa shape index (κ1) is 11.1. The molecule has 0 aliphatic rings. The van der Waals surface area contributed by atoms with Gasteiger partial charge in [0, 0.05) is 18.1 Å². The fourth-order valence-corrected chi connectivity index (χ4v) is 2.16. The number of nitrogens with zero attached hydrogens (tertiary/aromatic N) is 3. The fourth-order valence-electron chi connectivity index (χ4n) is 1.41. The summed E-state index contributed by atoms with van der Waals surface area (Å²) in [6.07, 6.45) is 4.86. The molecule has 0 amide bonds. The van der Waals surface area contributed by atoms with E-state index in [2.05, 4.69) is 34.6 Å². The van der Waals surface area contributed by atoms with Gasteiger partial charge < -0.3 is 5.32 Å². The number of anilines is 1. The molecule has 2 heterocycles. The van der Waals surface area contributed by atoms with Crippen molar-refractivity contribution in [2.75, 3.05) is 5.32 Å². The Hall–Kier alpha value is -1.36. The van der Waals surface area contributed by atoms with E-state index in [9.17, 15) is 0 Å². The molecule has 5 heteroatoms. The van der Waals surface area contributed by atoms with E-state index in [0.717, 1.165) is 30.9 Å². The highest BCUT2D eigenvalue weighted by molar-refractivity contribution is 7.09. The molecule has 86 valence electrons. The lowest BCUT2D eigenvalue weighted by Gasteiger charge is -1.99. The van der Waals surface area contributed by atoms with Gasteiger partial charge in [0.15, 0.2) is 0 Å². The van der Waals surface area contributed by atoms with Gasteiger partial charge in [0.05, 0.1) is 29.1 Å². The maximum Gasteiger partial charge on any atom is 0.0926 e.